The van der Waals surface area contributed by atoms with Crippen LogP contribution in [-0.2, 0) is 19.1 Å². The Balaban J connectivity index is 1.32. The molecule has 4 aliphatic carbocycles. The van der Waals surface area contributed by atoms with Gasteiger partial charge in [-0.3, -0.25) is 9.59 Å². The van der Waals surface area contributed by atoms with Crippen molar-refractivity contribution < 1.29 is 19.1 Å². The average molecular weight is 475 g/mol. The molecule has 2 aliphatic heterocycles. The summed E-state index contributed by atoms with van der Waals surface area (Å²) >= 11 is 0. The van der Waals surface area contributed by atoms with Crippen molar-refractivity contribution in [3.8, 4) is 0 Å². The fourth-order valence-corrected chi connectivity index (χ4v) is 8.64. The van der Waals surface area contributed by atoms with E-state index < -0.39 is 22.0 Å². The summed E-state index contributed by atoms with van der Waals surface area (Å²) in [4.78, 5) is 27.7. The van der Waals surface area contributed by atoms with Crippen LogP contribution < -0.4 is 10.6 Å². The fraction of sp³-hybridized carbons (Fsp3) is 0.929. The molecule has 6 heteroatoms. The van der Waals surface area contributed by atoms with Crippen molar-refractivity contribution >= 4 is 11.9 Å². The molecule has 6 nitrogen and oxygen atoms in total. The van der Waals surface area contributed by atoms with Gasteiger partial charge in [-0.25, -0.2) is 0 Å². The van der Waals surface area contributed by atoms with E-state index in [1.807, 2.05) is 0 Å². The quantitative estimate of drug-likeness (QED) is 0.562. The molecule has 2 saturated heterocycles. The van der Waals surface area contributed by atoms with Gasteiger partial charge in [0.25, 0.3) is 0 Å². The maximum atomic E-state index is 13.9. The highest BCUT2D eigenvalue weighted by molar-refractivity contribution is 5.83. The number of nitrogens with one attached hydrogen (secondary N) is 2. The van der Waals surface area contributed by atoms with E-state index in [2.05, 4.69) is 38.3 Å². The van der Waals surface area contributed by atoms with Crippen LogP contribution in [0.25, 0.3) is 0 Å². The summed E-state index contributed by atoms with van der Waals surface area (Å²) in [5.74, 6) is 1.56. The minimum atomic E-state index is -0.508. The van der Waals surface area contributed by atoms with E-state index in [9.17, 15) is 9.59 Å². The van der Waals surface area contributed by atoms with Crippen molar-refractivity contribution in [3.05, 3.63) is 0 Å². The molecule has 2 N–H and O–H groups in total. The van der Waals surface area contributed by atoms with Crippen molar-refractivity contribution in [2.24, 2.45) is 34.5 Å². The third kappa shape index (κ3) is 4.42. The molecule has 2 heterocycles. The van der Waals surface area contributed by atoms with Gasteiger partial charge in [0.15, 0.2) is 0 Å². The van der Waals surface area contributed by atoms with Gasteiger partial charge in [0.2, 0.25) is 0 Å². The second-order valence-corrected chi connectivity index (χ2v) is 13.6. The molecule has 0 unspecified atom stereocenters. The molecule has 4 bridgehead atoms. The normalized spacial score (nSPS) is 36.9. The zero-order chi connectivity index (χ0) is 24.2. The average Bonchev–Trinajstić information content (AvgIpc) is 2.79. The molecule has 6 fully saturated rings. The summed E-state index contributed by atoms with van der Waals surface area (Å²) in [5.41, 5.74) is -1.95. The van der Waals surface area contributed by atoms with E-state index >= 15 is 0 Å². The molecule has 6 aliphatic rings. The Labute approximate surface area is 205 Å². The van der Waals surface area contributed by atoms with Crippen LogP contribution in [0, 0.1) is 34.5 Å². The summed E-state index contributed by atoms with van der Waals surface area (Å²) in [6, 6.07) is 0. The molecule has 0 spiro atoms. The SMILES string of the molecule is CC(C)(OC(=O)C12CC3CC(C1)CC(C(=O)OC(C)(C)C1CCNCC1)(C3)C2)C1CCNCC1. The number of esters is 2. The van der Waals surface area contributed by atoms with E-state index in [4.69, 9.17) is 9.47 Å². The second kappa shape index (κ2) is 8.76. The highest BCUT2D eigenvalue weighted by Gasteiger charge is 2.65. The monoisotopic (exact) mass is 474 g/mol. The number of piperidine rings is 2. The molecule has 4 saturated carbocycles. The number of hydrogen-bond donors (Lipinski definition) is 2. The third-order valence-corrected chi connectivity index (χ3v) is 10.3. The summed E-state index contributed by atoms with van der Waals surface area (Å²) in [6.07, 6.45) is 9.49. The number of hydrogen-bond acceptors (Lipinski definition) is 6. The third-order valence-electron chi connectivity index (χ3n) is 10.3. The zero-order valence-corrected chi connectivity index (χ0v) is 21.8. The highest BCUT2D eigenvalue weighted by atomic mass is 16.6. The van der Waals surface area contributed by atoms with Gasteiger partial charge < -0.3 is 20.1 Å². The Bertz CT molecular complexity index is 718. The maximum Gasteiger partial charge on any atom is 0.312 e. The van der Waals surface area contributed by atoms with Crippen molar-refractivity contribution in [1.82, 2.24) is 10.6 Å². The van der Waals surface area contributed by atoms with Crippen LogP contribution in [0.5, 0.6) is 0 Å². The highest BCUT2D eigenvalue weighted by Crippen LogP contribution is 2.66. The number of carbonyl (C=O) groups excluding carboxylic acids is 2. The Kier molecular flexibility index (Phi) is 6.32. The lowest BCUT2D eigenvalue weighted by Crippen LogP contribution is -2.60. The summed E-state index contributed by atoms with van der Waals surface area (Å²) < 4.78 is 12.7. The van der Waals surface area contributed by atoms with E-state index in [-0.39, 0.29) is 11.9 Å². The predicted octanol–water partition coefficient (Wildman–Crippen LogP) is 4.22. The van der Waals surface area contributed by atoms with Crippen molar-refractivity contribution in [2.75, 3.05) is 26.2 Å². The number of rotatable bonds is 6. The molecule has 0 amide bonds. The van der Waals surface area contributed by atoms with Crippen LogP contribution >= 0.6 is 0 Å². The van der Waals surface area contributed by atoms with Crippen LogP contribution in [0.15, 0.2) is 0 Å². The van der Waals surface area contributed by atoms with E-state index in [1.165, 1.54) is 0 Å². The summed E-state index contributed by atoms with van der Waals surface area (Å²) in [7, 11) is 0. The van der Waals surface area contributed by atoms with Crippen LogP contribution in [-0.4, -0.2) is 49.3 Å². The lowest BCUT2D eigenvalue weighted by molar-refractivity contribution is -0.211. The molecular formula is C28H46N2O4. The predicted molar refractivity (Wildman–Crippen MR) is 131 cm³/mol. The first-order valence-electron chi connectivity index (χ1n) is 13.9. The van der Waals surface area contributed by atoms with Gasteiger partial charge in [0.05, 0.1) is 10.8 Å². The van der Waals surface area contributed by atoms with Gasteiger partial charge in [-0.15, -0.1) is 0 Å². The molecule has 34 heavy (non-hydrogen) atoms. The first-order chi connectivity index (χ1) is 16.0. The number of ether oxygens (including phenoxy) is 2. The first-order valence-corrected chi connectivity index (χ1v) is 13.9. The number of carbonyl (C=O) groups is 2. The summed E-state index contributed by atoms with van der Waals surface area (Å²) in [5, 5.41) is 6.83. The van der Waals surface area contributed by atoms with Crippen LogP contribution in [0.2, 0.25) is 0 Å². The van der Waals surface area contributed by atoms with Crippen LogP contribution in [0.4, 0.5) is 0 Å². The van der Waals surface area contributed by atoms with Crippen LogP contribution in [0.3, 0.4) is 0 Å². The minimum absolute atomic E-state index is 0.0417. The van der Waals surface area contributed by atoms with E-state index in [0.717, 1.165) is 84.0 Å². The van der Waals surface area contributed by atoms with Crippen molar-refractivity contribution in [1.29, 1.82) is 0 Å². The smallest absolute Gasteiger partial charge is 0.312 e. The standard InChI is InChI=1S/C28H46N2O4/c1-25(2,21-5-9-29-10-6-21)33-23(31)27-14-19-13-20(15-27)17-28(16-19,18-27)24(32)34-26(3,4)22-7-11-30-12-8-22/h19-22,29-30H,5-18H2,1-4H3. The molecule has 6 rings (SSSR count). The van der Waals surface area contributed by atoms with E-state index in [1.54, 1.807) is 0 Å². The second-order valence-electron chi connectivity index (χ2n) is 13.6. The lowest BCUT2D eigenvalue weighted by Gasteiger charge is -2.60. The van der Waals surface area contributed by atoms with Crippen molar-refractivity contribution in [3.63, 3.8) is 0 Å². The topological polar surface area (TPSA) is 76.7 Å². The van der Waals surface area contributed by atoms with Gasteiger partial charge in [0.1, 0.15) is 11.2 Å². The Morgan fingerprint density at radius 3 is 1.38 bits per heavy atom. The fourth-order valence-electron chi connectivity index (χ4n) is 8.64. The molecule has 0 aromatic rings. The van der Waals surface area contributed by atoms with Gasteiger partial charge in [-0.1, -0.05) is 0 Å². The molecular weight excluding hydrogens is 428 g/mol. The minimum Gasteiger partial charge on any atom is -0.459 e. The maximum absolute atomic E-state index is 13.9. The Morgan fingerprint density at radius 2 is 1.03 bits per heavy atom. The molecule has 0 aromatic heterocycles. The van der Waals surface area contributed by atoms with Gasteiger partial charge >= 0.3 is 11.9 Å². The van der Waals surface area contributed by atoms with Crippen molar-refractivity contribution in [2.45, 2.75) is 103 Å². The van der Waals surface area contributed by atoms with Gasteiger partial charge in [0, 0.05) is 11.8 Å². The first kappa shape index (κ1) is 24.5. The van der Waals surface area contributed by atoms with Crippen LogP contribution in [0.1, 0.15) is 91.9 Å². The zero-order valence-electron chi connectivity index (χ0n) is 21.8. The lowest BCUT2D eigenvalue weighted by atomic mass is 9.44. The van der Waals surface area contributed by atoms with Gasteiger partial charge in [-0.2, -0.15) is 0 Å². The summed E-state index contributed by atoms with van der Waals surface area (Å²) in [6.45, 7) is 12.3. The molecule has 192 valence electrons. The molecule has 0 radical (unpaired) electrons. The van der Waals surface area contributed by atoms with Gasteiger partial charge in [-0.05, 0) is 130 Å². The van der Waals surface area contributed by atoms with E-state index in [0.29, 0.717) is 30.1 Å². The molecule has 0 aromatic carbocycles. The molecule has 0 atom stereocenters. The largest absolute Gasteiger partial charge is 0.459 e. The Hall–Kier alpha value is -1.14. The Morgan fingerprint density at radius 1 is 0.676 bits per heavy atom.